The fourth-order valence-electron chi connectivity index (χ4n) is 5.65. The van der Waals surface area contributed by atoms with Gasteiger partial charge in [0, 0.05) is 0 Å². The number of hydrogen-bond donors (Lipinski definition) is 1. The van der Waals surface area contributed by atoms with Gasteiger partial charge in [-0.2, -0.15) is 0 Å². The molecule has 4 nitrogen and oxygen atoms in total. The van der Waals surface area contributed by atoms with Crippen molar-refractivity contribution in [1.29, 1.82) is 0 Å². The van der Waals surface area contributed by atoms with Crippen LogP contribution >= 0.6 is 0 Å². The lowest BCUT2D eigenvalue weighted by Crippen LogP contribution is -2.47. The lowest BCUT2D eigenvalue weighted by atomic mass is 9.64. The zero-order valence-corrected chi connectivity index (χ0v) is 18.2. The molecule has 3 aromatic rings. The molecule has 1 saturated carbocycles. The Morgan fingerprint density at radius 1 is 1.03 bits per heavy atom. The Morgan fingerprint density at radius 3 is 2.10 bits per heavy atom. The summed E-state index contributed by atoms with van der Waals surface area (Å²) in [6.45, 7) is 4.47. The first kappa shape index (κ1) is 20.4. The second-order valence-corrected chi connectivity index (χ2v) is 8.90. The molecule has 0 bridgehead atoms. The van der Waals surface area contributed by atoms with Gasteiger partial charge in [0.25, 0.3) is 5.82 Å². The SMILES string of the molecule is CC(C)c1n([C@H]2CC[C@@H](C(C(N)=O)(c3ccccc3)c3ccccc3)C2)cc[n+]1C. The first-order valence-corrected chi connectivity index (χ1v) is 10.9. The third kappa shape index (κ3) is 3.24. The fourth-order valence-corrected chi connectivity index (χ4v) is 5.65. The molecule has 30 heavy (non-hydrogen) atoms. The number of primary amides is 1. The largest absolute Gasteiger partial charge is 0.369 e. The van der Waals surface area contributed by atoms with Crippen LogP contribution in [0.25, 0.3) is 0 Å². The van der Waals surface area contributed by atoms with Crippen molar-refractivity contribution < 1.29 is 9.36 Å². The minimum absolute atomic E-state index is 0.150. The number of nitrogens with two attached hydrogens (primary N) is 1. The van der Waals surface area contributed by atoms with Gasteiger partial charge in [-0.3, -0.25) is 4.79 Å². The molecule has 0 radical (unpaired) electrons. The van der Waals surface area contributed by atoms with Crippen LogP contribution in [0.1, 0.15) is 62.0 Å². The van der Waals surface area contributed by atoms with Crippen molar-refractivity contribution in [2.24, 2.45) is 18.7 Å². The molecule has 0 spiro atoms. The molecule has 2 atom stereocenters. The van der Waals surface area contributed by atoms with Crippen LogP contribution in [0.3, 0.4) is 0 Å². The van der Waals surface area contributed by atoms with E-state index in [-0.39, 0.29) is 11.8 Å². The summed E-state index contributed by atoms with van der Waals surface area (Å²) in [6, 6.07) is 20.6. The predicted molar refractivity (Wildman–Crippen MR) is 119 cm³/mol. The highest BCUT2D eigenvalue weighted by molar-refractivity contribution is 5.91. The Bertz CT molecular complexity index is 968. The third-order valence-corrected chi connectivity index (χ3v) is 6.85. The van der Waals surface area contributed by atoms with Crippen LogP contribution in [0.4, 0.5) is 0 Å². The number of rotatable bonds is 6. The summed E-state index contributed by atoms with van der Waals surface area (Å²) in [4.78, 5) is 13.2. The average molecular weight is 403 g/mol. The number of carbonyl (C=O) groups excluding carboxylic acids is 1. The molecular weight excluding hydrogens is 370 g/mol. The van der Waals surface area contributed by atoms with Crippen molar-refractivity contribution >= 4 is 5.91 Å². The number of aryl methyl sites for hydroxylation is 1. The van der Waals surface area contributed by atoms with Gasteiger partial charge in [0.15, 0.2) is 0 Å². The van der Waals surface area contributed by atoms with Gasteiger partial charge in [-0.25, -0.2) is 9.13 Å². The number of carbonyl (C=O) groups is 1. The number of aromatic nitrogens is 2. The second kappa shape index (κ2) is 8.10. The van der Waals surface area contributed by atoms with Gasteiger partial charge in [0.05, 0.1) is 13.0 Å². The summed E-state index contributed by atoms with van der Waals surface area (Å²) >= 11 is 0. The standard InChI is InChI=1S/C26H31N3O/c1-19(2)24-28(3)16-17-29(24)23-15-14-22(18-23)26(25(27)30,20-10-6-4-7-11-20)21-12-8-5-9-13-21/h4-13,16-17,19,22-23H,14-15,18H2,1-3H3,(H-,27,30)/p+1/t22-,23+/m1/s1. The van der Waals surface area contributed by atoms with Crippen LogP contribution < -0.4 is 10.3 Å². The van der Waals surface area contributed by atoms with E-state index < -0.39 is 5.41 Å². The van der Waals surface area contributed by atoms with Gasteiger partial charge in [0.2, 0.25) is 5.91 Å². The number of nitrogens with zero attached hydrogens (tertiary/aromatic N) is 2. The fraction of sp³-hybridized carbons (Fsp3) is 0.385. The summed E-state index contributed by atoms with van der Waals surface area (Å²) in [5.74, 6) is 1.66. The molecule has 1 heterocycles. The van der Waals surface area contributed by atoms with E-state index in [1.807, 2.05) is 36.4 Å². The lowest BCUT2D eigenvalue weighted by molar-refractivity contribution is -0.680. The van der Waals surface area contributed by atoms with Crippen LogP contribution in [0.5, 0.6) is 0 Å². The van der Waals surface area contributed by atoms with E-state index in [4.69, 9.17) is 5.73 Å². The normalized spacial score (nSPS) is 19.3. The summed E-state index contributed by atoms with van der Waals surface area (Å²) in [5.41, 5.74) is 7.41. The molecule has 2 aromatic carbocycles. The Hall–Kier alpha value is -2.88. The van der Waals surface area contributed by atoms with E-state index in [1.165, 1.54) is 5.82 Å². The van der Waals surface area contributed by atoms with E-state index in [0.717, 1.165) is 30.4 Å². The van der Waals surface area contributed by atoms with Gasteiger partial charge < -0.3 is 5.73 Å². The van der Waals surface area contributed by atoms with Crippen LogP contribution in [0.15, 0.2) is 73.1 Å². The summed E-state index contributed by atoms with van der Waals surface area (Å²) in [6.07, 6.45) is 7.28. The minimum Gasteiger partial charge on any atom is -0.369 e. The van der Waals surface area contributed by atoms with Gasteiger partial charge in [-0.05, 0) is 36.3 Å². The maximum atomic E-state index is 13.2. The Morgan fingerprint density at radius 2 is 1.60 bits per heavy atom. The highest BCUT2D eigenvalue weighted by Crippen LogP contribution is 2.50. The van der Waals surface area contributed by atoms with E-state index in [2.05, 4.69) is 66.7 Å². The number of benzene rings is 2. The highest BCUT2D eigenvalue weighted by atomic mass is 16.1. The zero-order valence-electron chi connectivity index (χ0n) is 18.2. The smallest absolute Gasteiger partial charge is 0.258 e. The monoisotopic (exact) mass is 402 g/mol. The van der Waals surface area contributed by atoms with Crippen molar-refractivity contribution in [3.8, 4) is 0 Å². The van der Waals surface area contributed by atoms with E-state index in [0.29, 0.717) is 12.0 Å². The summed E-state index contributed by atoms with van der Waals surface area (Å²) in [5, 5.41) is 0. The molecular formula is C26H32N3O+. The first-order chi connectivity index (χ1) is 14.5. The Balaban J connectivity index is 1.79. The molecule has 2 N–H and O–H groups in total. The Kier molecular flexibility index (Phi) is 5.50. The molecule has 156 valence electrons. The van der Waals surface area contributed by atoms with E-state index in [1.54, 1.807) is 0 Å². The molecule has 1 aliphatic carbocycles. The predicted octanol–water partition coefficient (Wildman–Crippen LogP) is 4.25. The summed E-state index contributed by atoms with van der Waals surface area (Å²) in [7, 11) is 2.11. The maximum absolute atomic E-state index is 13.2. The van der Waals surface area contributed by atoms with Gasteiger partial charge in [-0.1, -0.05) is 74.5 Å². The molecule has 4 heteroatoms. The van der Waals surface area contributed by atoms with Gasteiger partial charge >= 0.3 is 0 Å². The van der Waals surface area contributed by atoms with E-state index in [9.17, 15) is 4.79 Å². The van der Waals surface area contributed by atoms with Gasteiger partial charge in [-0.15, -0.1) is 0 Å². The summed E-state index contributed by atoms with van der Waals surface area (Å²) < 4.78 is 4.64. The van der Waals surface area contributed by atoms with Crippen LogP contribution in [0, 0.1) is 5.92 Å². The molecule has 1 fully saturated rings. The molecule has 1 aromatic heterocycles. The van der Waals surface area contributed by atoms with E-state index >= 15 is 0 Å². The molecule has 1 aliphatic rings. The van der Waals surface area contributed by atoms with Crippen molar-refractivity contribution in [1.82, 2.24) is 4.57 Å². The van der Waals surface area contributed by atoms with Crippen molar-refractivity contribution in [2.75, 3.05) is 0 Å². The van der Waals surface area contributed by atoms with Crippen LogP contribution in [-0.4, -0.2) is 10.5 Å². The highest BCUT2D eigenvalue weighted by Gasteiger charge is 2.51. The number of imidazole rings is 1. The third-order valence-electron chi connectivity index (χ3n) is 6.85. The molecule has 4 rings (SSSR count). The maximum Gasteiger partial charge on any atom is 0.258 e. The van der Waals surface area contributed by atoms with Gasteiger partial charge in [0.1, 0.15) is 23.9 Å². The minimum atomic E-state index is -0.815. The van der Waals surface area contributed by atoms with Crippen molar-refractivity contribution in [3.63, 3.8) is 0 Å². The molecule has 0 aliphatic heterocycles. The van der Waals surface area contributed by atoms with Crippen molar-refractivity contribution in [3.05, 3.63) is 90.0 Å². The van der Waals surface area contributed by atoms with Crippen LogP contribution in [-0.2, 0) is 17.3 Å². The van der Waals surface area contributed by atoms with Crippen LogP contribution in [0.2, 0.25) is 0 Å². The molecule has 0 saturated heterocycles. The quantitative estimate of drug-likeness (QED) is 0.616. The zero-order chi connectivity index (χ0) is 21.3. The average Bonchev–Trinajstić information content (AvgIpc) is 3.37. The number of hydrogen-bond acceptors (Lipinski definition) is 1. The molecule has 0 unspecified atom stereocenters. The Labute approximate surface area is 179 Å². The first-order valence-electron chi connectivity index (χ1n) is 10.9. The van der Waals surface area contributed by atoms with Crippen molar-refractivity contribution in [2.45, 2.75) is 50.5 Å². The number of amides is 1. The topological polar surface area (TPSA) is 51.9 Å². The second-order valence-electron chi connectivity index (χ2n) is 8.90. The lowest BCUT2D eigenvalue weighted by Gasteiger charge is -2.37. The molecule has 1 amide bonds.